The molecule has 2 N–H and O–H groups in total. The van der Waals surface area contributed by atoms with Gasteiger partial charge in [0.15, 0.2) is 0 Å². The second-order valence-electron chi connectivity index (χ2n) is 4.43. The second kappa shape index (κ2) is 7.18. The van der Waals surface area contributed by atoms with Gasteiger partial charge in [-0.2, -0.15) is 0 Å². The molecule has 1 aromatic rings. The third-order valence-corrected chi connectivity index (χ3v) is 2.86. The van der Waals surface area contributed by atoms with E-state index in [0.29, 0.717) is 6.04 Å². The minimum absolute atomic E-state index is 0.536. The van der Waals surface area contributed by atoms with Crippen LogP contribution in [0.5, 0.6) is 0 Å². The Morgan fingerprint density at radius 2 is 1.69 bits per heavy atom. The molecule has 16 heavy (non-hydrogen) atoms. The van der Waals surface area contributed by atoms with Gasteiger partial charge in [0.2, 0.25) is 0 Å². The van der Waals surface area contributed by atoms with Gasteiger partial charge in [-0.15, -0.1) is 0 Å². The number of benzene rings is 1. The van der Waals surface area contributed by atoms with Gasteiger partial charge in [-0.25, -0.2) is 0 Å². The summed E-state index contributed by atoms with van der Waals surface area (Å²) in [6.07, 6.45) is 7.51. The summed E-state index contributed by atoms with van der Waals surface area (Å²) in [5.74, 6) is 0. The van der Waals surface area contributed by atoms with Crippen LogP contribution in [0.25, 0.3) is 0 Å². The van der Waals surface area contributed by atoms with Crippen molar-refractivity contribution in [3.05, 3.63) is 35.4 Å². The number of aldehydes is 1. The molecule has 0 heterocycles. The van der Waals surface area contributed by atoms with E-state index in [9.17, 15) is 4.79 Å². The van der Waals surface area contributed by atoms with Crippen molar-refractivity contribution in [2.24, 2.45) is 5.73 Å². The first-order valence-corrected chi connectivity index (χ1v) is 6.00. The first-order chi connectivity index (χ1) is 7.72. The van der Waals surface area contributed by atoms with Crippen molar-refractivity contribution >= 4 is 6.29 Å². The molecule has 1 aromatic carbocycles. The van der Waals surface area contributed by atoms with E-state index in [1.165, 1.54) is 37.7 Å². The van der Waals surface area contributed by atoms with Gasteiger partial charge in [-0.05, 0) is 19.8 Å². The van der Waals surface area contributed by atoms with Crippen LogP contribution in [0.3, 0.4) is 0 Å². The third kappa shape index (κ3) is 5.08. The lowest BCUT2D eigenvalue weighted by atomic mass is 9.97. The van der Waals surface area contributed by atoms with Gasteiger partial charge in [-0.1, -0.05) is 49.1 Å². The van der Waals surface area contributed by atoms with E-state index in [1.807, 2.05) is 31.2 Å². The molecule has 1 fully saturated rings. The number of hydrogen-bond donors (Lipinski definition) is 1. The summed E-state index contributed by atoms with van der Waals surface area (Å²) in [6, 6.07) is 7.99. The summed E-state index contributed by atoms with van der Waals surface area (Å²) in [5.41, 5.74) is 7.55. The Morgan fingerprint density at radius 3 is 2.06 bits per heavy atom. The van der Waals surface area contributed by atoms with Crippen LogP contribution in [0.2, 0.25) is 0 Å². The summed E-state index contributed by atoms with van der Waals surface area (Å²) < 4.78 is 0. The van der Waals surface area contributed by atoms with Crippen LogP contribution in [-0.2, 0) is 0 Å². The smallest absolute Gasteiger partial charge is 0.150 e. The Balaban J connectivity index is 0.000000165. The molecular formula is C14H21NO. The molecule has 0 saturated heterocycles. The van der Waals surface area contributed by atoms with E-state index >= 15 is 0 Å². The zero-order valence-corrected chi connectivity index (χ0v) is 9.99. The molecule has 0 bridgehead atoms. The average Bonchev–Trinajstić information content (AvgIpc) is 2.32. The second-order valence-corrected chi connectivity index (χ2v) is 4.43. The van der Waals surface area contributed by atoms with E-state index in [1.54, 1.807) is 0 Å². The minimum Gasteiger partial charge on any atom is -0.328 e. The highest BCUT2D eigenvalue weighted by Crippen LogP contribution is 2.14. The molecule has 2 heteroatoms. The van der Waals surface area contributed by atoms with Crippen molar-refractivity contribution in [2.75, 3.05) is 0 Å². The van der Waals surface area contributed by atoms with Gasteiger partial charge in [0.25, 0.3) is 0 Å². The van der Waals surface area contributed by atoms with Crippen LogP contribution in [-0.4, -0.2) is 12.3 Å². The Kier molecular flexibility index (Phi) is 5.79. The molecule has 2 nitrogen and oxygen atoms in total. The molecule has 88 valence electrons. The number of carbonyl (C=O) groups is 1. The van der Waals surface area contributed by atoms with Gasteiger partial charge in [0.05, 0.1) is 0 Å². The van der Waals surface area contributed by atoms with Crippen LogP contribution in [0, 0.1) is 6.92 Å². The van der Waals surface area contributed by atoms with Gasteiger partial charge >= 0.3 is 0 Å². The largest absolute Gasteiger partial charge is 0.328 e. The lowest BCUT2D eigenvalue weighted by Crippen LogP contribution is -2.22. The Hall–Kier alpha value is -1.15. The number of nitrogens with two attached hydrogens (primary N) is 1. The normalized spacial score (nSPS) is 16.1. The number of aryl methyl sites for hydroxylation is 1. The van der Waals surface area contributed by atoms with E-state index in [2.05, 4.69) is 0 Å². The van der Waals surface area contributed by atoms with E-state index in [-0.39, 0.29) is 0 Å². The van der Waals surface area contributed by atoms with Crippen molar-refractivity contribution in [1.82, 2.24) is 0 Å². The third-order valence-electron chi connectivity index (χ3n) is 2.86. The number of rotatable bonds is 1. The highest BCUT2D eigenvalue weighted by Gasteiger charge is 2.06. The quantitative estimate of drug-likeness (QED) is 0.737. The van der Waals surface area contributed by atoms with Crippen LogP contribution in [0.15, 0.2) is 24.3 Å². The average molecular weight is 219 g/mol. The first-order valence-electron chi connectivity index (χ1n) is 6.00. The van der Waals surface area contributed by atoms with Crippen molar-refractivity contribution in [2.45, 2.75) is 45.1 Å². The highest BCUT2D eigenvalue weighted by atomic mass is 16.1. The van der Waals surface area contributed by atoms with Crippen molar-refractivity contribution in [3.8, 4) is 0 Å². The SMILES string of the molecule is Cc1ccc(C=O)cc1.NC1CCCCC1. The monoisotopic (exact) mass is 219 g/mol. The molecule has 0 spiro atoms. The molecule has 1 aliphatic rings. The summed E-state index contributed by atoms with van der Waals surface area (Å²) >= 11 is 0. The van der Waals surface area contributed by atoms with Crippen LogP contribution >= 0.6 is 0 Å². The van der Waals surface area contributed by atoms with Crippen molar-refractivity contribution in [1.29, 1.82) is 0 Å². The maximum absolute atomic E-state index is 10.1. The zero-order chi connectivity index (χ0) is 11.8. The summed E-state index contributed by atoms with van der Waals surface area (Å²) in [5, 5.41) is 0. The Bertz CT molecular complexity index is 299. The molecule has 0 unspecified atom stereocenters. The molecular weight excluding hydrogens is 198 g/mol. The Morgan fingerprint density at radius 1 is 1.12 bits per heavy atom. The summed E-state index contributed by atoms with van der Waals surface area (Å²) in [4.78, 5) is 10.1. The molecule has 0 radical (unpaired) electrons. The molecule has 0 aliphatic heterocycles. The van der Waals surface area contributed by atoms with Crippen LogP contribution in [0.4, 0.5) is 0 Å². The first kappa shape index (κ1) is 12.9. The lowest BCUT2D eigenvalue weighted by molar-refractivity contribution is 0.112. The molecule has 0 amide bonds. The standard InChI is InChI=1S/C8H8O.C6H13N/c1-7-2-4-8(6-9)5-3-7;7-6-4-2-1-3-5-6/h2-6H,1H3;6H,1-5,7H2. The maximum Gasteiger partial charge on any atom is 0.150 e. The van der Waals surface area contributed by atoms with Gasteiger partial charge in [0, 0.05) is 11.6 Å². The van der Waals surface area contributed by atoms with Crippen LogP contribution < -0.4 is 5.73 Å². The Labute approximate surface area is 97.9 Å². The topological polar surface area (TPSA) is 43.1 Å². The zero-order valence-electron chi connectivity index (χ0n) is 9.99. The van der Waals surface area contributed by atoms with Gasteiger partial charge < -0.3 is 5.73 Å². The fraction of sp³-hybridized carbons (Fsp3) is 0.500. The summed E-state index contributed by atoms with van der Waals surface area (Å²) in [7, 11) is 0. The molecule has 0 aromatic heterocycles. The van der Waals surface area contributed by atoms with Crippen molar-refractivity contribution < 1.29 is 4.79 Å². The predicted octanol–water partition coefficient (Wildman–Crippen LogP) is 3.09. The van der Waals surface area contributed by atoms with Crippen LogP contribution in [0.1, 0.15) is 48.0 Å². The predicted molar refractivity (Wildman–Crippen MR) is 67.6 cm³/mol. The van der Waals surface area contributed by atoms with Crippen molar-refractivity contribution in [3.63, 3.8) is 0 Å². The number of hydrogen-bond acceptors (Lipinski definition) is 2. The number of carbonyl (C=O) groups excluding carboxylic acids is 1. The van der Waals surface area contributed by atoms with E-state index in [4.69, 9.17) is 5.73 Å². The van der Waals surface area contributed by atoms with Gasteiger partial charge in [-0.3, -0.25) is 4.79 Å². The molecule has 2 rings (SSSR count). The molecule has 1 aliphatic carbocycles. The van der Waals surface area contributed by atoms with E-state index < -0.39 is 0 Å². The molecule has 1 saturated carbocycles. The fourth-order valence-corrected chi connectivity index (χ4v) is 1.78. The lowest BCUT2D eigenvalue weighted by Gasteiger charge is -2.15. The highest BCUT2D eigenvalue weighted by molar-refractivity contribution is 5.74. The van der Waals surface area contributed by atoms with Gasteiger partial charge in [0.1, 0.15) is 6.29 Å². The maximum atomic E-state index is 10.1. The molecule has 0 atom stereocenters. The van der Waals surface area contributed by atoms with E-state index in [0.717, 1.165) is 11.8 Å². The minimum atomic E-state index is 0.536. The fourth-order valence-electron chi connectivity index (χ4n) is 1.78. The summed E-state index contributed by atoms with van der Waals surface area (Å²) in [6.45, 7) is 1.99.